The van der Waals surface area contributed by atoms with Crippen molar-refractivity contribution in [1.82, 2.24) is 4.98 Å². The maximum Gasteiger partial charge on any atom is 0.211 e. The van der Waals surface area contributed by atoms with Crippen molar-refractivity contribution in [3.05, 3.63) is 77.7 Å². The molecule has 0 aliphatic heterocycles. The van der Waals surface area contributed by atoms with Gasteiger partial charge in [-0.05, 0) is 40.6 Å². The van der Waals surface area contributed by atoms with E-state index in [-0.39, 0.29) is 0 Å². The van der Waals surface area contributed by atoms with Gasteiger partial charge in [-0.3, -0.25) is 0 Å². The van der Waals surface area contributed by atoms with Gasteiger partial charge in [0.15, 0.2) is 0 Å². The second-order valence-corrected chi connectivity index (χ2v) is 7.28. The molecule has 4 rings (SSSR count). The lowest BCUT2D eigenvalue weighted by molar-refractivity contribution is 1.13. The van der Waals surface area contributed by atoms with Gasteiger partial charge in [0.1, 0.15) is 5.82 Å². The third-order valence-electron chi connectivity index (χ3n) is 4.25. The SMILES string of the molecule is CN(C)c1ccc(/C=N/c2nc(Nc3ccc4ccccc4c3)cs2)cc1. The Bertz CT molecular complexity index is 1080. The Hall–Kier alpha value is -3.18. The summed E-state index contributed by atoms with van der Waals surface area (Å²) in [5, 5.41) is 8.50. The van der Waals surface area contributed by atoms with E-state index in [2.05, 4.69) is 74.8 Å². The number of anilines is 3. The maximum absolute atomic E-state index is 4.55. The molecule has 5 heteroatoms. The van der Waals surface area contributed by atoms with Gasteiger partial charge < -0.3 is 10.2 Å². The van der Waals surface area contributed by atoms with Crippen LogP contribution in [0, 0.1) is 0 Å². The molecule has 1 N–H and O–H groups in total. The Balaban J connectivity index is 1.46. The second-order valence-electron chi connectivity index (χ2n) is 6.45. The normalized spacial score (nSPS) is 11.2. The van der Waals surface area contributed by atoms with E-state index in [0.717, 1.165) is 22.2 Å². The van der Waals surface area contributed by atoms with E-state index in [1.165, 1.54) is 27.8 Å². The molecule has 0 aliphatic carbocycles. The largest absolute Gasteiger partial charge is 0.378 e. The van der Waals surface area contributed by atoms with Crippen LogP contribution in [0.4, 0.5) is 22.3 Å². The topological polar surface area (TPSA) is 40.5 Å². The minimum absolute atomic E-state index is 0.731. The third kappa shape index (κ3) is 4.15. The van der Waals surface area contributed by atoms with E-state index in [9.17, 15) is 0 Å². The van der Waals surface area contributed by atoms with Gasteiger partial charge >= 0.3 is 0 Å². The molecule has 0 fully saturated rings. The van der Waals surface area contributed by atoms with Gasteiger partial charge in [0.05, 0.1) is 0 Å². The van der Waals surface area contributed by atoms with E-state index in [0.29, 0.717) is 0 Å². The summed E-state index contributed by atoms with van der Waals surface area (Å²) in [6, 6.07) is 22.9. The van der Waals surface area contributed by atoms with Crippen molar-refractivity contribution in [1.29, 1.82) is 0 Å². The van der Waals surface area contributed by atoms with Crippen LogP contribution < -0.4 is 10.2 Å². The Labute approximate surface area is 162 Å². The molecule has 1 heterocycles. The van der Waals surface area contributed by atoms with Crippen molar-refractivity contribution in [3.8, 4) is 0 Å². The fourth-order valence-electron chi connectivity index (χ4n) is 2.78. The van der Waals surface area contributed by atoms with Crippen LogP contribution in [0.25, 0.3) is 10.8 Å². The van der Waals surface area contributed by atoms with Gasteiger partial charge in [-0.25, -0.2) is 9.98 Å². The number of hydrogen-bond acceptors (Lipinski definition) is 5. The zero-order valence-corrected chi connectivity index (χ0v) is 16.1. The van der Waals surface area contributed by atoms with E-state index in [1.807, 2.05) is 37.8 Å². The lowest BCUT2D eigenvalue weighted by atomic mass is 10.1. The zero-order valence-electron chi connectivity index (χ0n) is 15.3. The number of nitrogens with zero attached hydrogens (tertiary/aromatic N) is 3. The van der Waals surface area contributed by atoms with Crippen LogP contribution in [-0.2, 0) is 0 Å². The summed E-state index contributed by atoms with van der Waals surface area (Å²) in [5.41, 5.74) is 3.25. The standard InChI is InChI=1S/C22H20N4S/c1-26(2)20-11-7-16(8-12-20)14-23-22-25-21(15-27-22)24-19-10-9-17-5-3-4-6-18(17)13-19/h3-15,24H,1-2H3/b23-14+. The molecule has 0 radical (unpaired) electrons. The number of thiazole rings is 1. The Morgan fingerprint density at radius 1 is 0.963 bits per heavy atom. The van der Waals surface area contributed by atoms with Crippen molar-refractivity contribution in [2.24, 2.45) is 4.99 Å². The number of nitrogens with one attached hydrogen (secondary N) is 1. The van der Waals surface area contributed by atoms with Crippen LogP contribution in [-0.4, -0.2) is 25.3 Å². The van der Waals surface area contributed by atoms with Crippen LogP contribution in [0.3, 0.4) is 0 Å². The lowest BCUT2D eigenvalue weighted by Crippen LogP contribution is -2.08. The number of hydrogen-bond donors (Lipinski definition) is 1. The highest BCUT2D eigenvalue weighted by Gasteiger charge is 2.02. The van der Waals surface area contributed by atoms with Gasteiger partial charge in [-0.2, -0.15) is 0 Å². The predicted octanol–water partition coefficient (Wildman–Crippen LogP) is 5.86. The number of aliphatic imine (C=N–C) groups is 1. The van der Waals surface area contributed by atoms with E-state index < -0.39 is 0 Å². The van der Waals surface area contributed by atoms with E-state index in [4.69, 9.17) is 0 Å². The molecule has 0 atom stereocenters. The first-order chi connectivity index (χ1) is 13.2. The molecule has 0 spiro atoms. The molecule has 0 saturated carbocycles. The quantitative estimate of drug-likeness (QED) is 0.446. The molecule has 3 aromatic carbocycles. The molecule has 1 aromatic heterocycles. The highest BCUT2D eigenvalue weighted by Crippen LogP contribution is 2.26. The minimum Gasteiger partial charge on any atom is -0.378 e. The summed E-state index contributed by atoms with van der Waals surface area (Å²) in [6.45, 7) is 0. The number of fused-ring (bicyclic) bond motifs is 1. The minimum atomic E-state index is 0.731. The van der Waals surface area contributed by atoms with Gasteiger partial charge in [-0.15, -0.1) is 11.3 Å². The molecule has 0 unspecified atom stereocenters. The fraction of sp³-hybridized carbons (Fsp3) is 0.0909. The first-order valence-corrected chi connectivity index (χ1v) is 9.58. The molecule has 4 nitrogen and oxygen atoms in total. The maximum atomic E-state index is 4.55. The summed E-state index contributed by atoms with van der Waals surface area (Å²) in [4.78, 5) is 11.1. The third-order valence-corrected chi connectivity index (χ3v) is 5.00. The Morgan fingerprint density at radius 2 is 1.74 bits per heavy atom. The van der Waals surface area contributed by atoms with Gasteiger partial charge in [0.2, 0.25) is 5.13 Å². The summed E-state index contributed by atoms with van der Waals surface area (Å²) in [5.74, 6) is 0.811. The van der Waals surface area contributed by atoms with Gasteiger partial charge in [-0.1, -0.05) is 42.5 Å². The zero-order chi connectivity index (χ0) is 18.6. The molecule has 0 aliphatic rings. The van der Waals surface area contributed by atoms with Crippen molar-refractivity contribution in [2.75, 3.05) is 24.3 Å². The average Bonchev–Trinajstić information content (AvgIpc) is 3.14. The van der Waals surface area contributed by atoms with Crippen molar-refractivity contribution >= 4 is 50.6 Å². The molecule has 0 saturated heterocycles. The first-order valence-electron chi connectivity index (χ1n) is 8.70. The molecular formula is C22H20N4S. The smallest absolute Gasteiger partial charge is 0.211 e. The number of benzene rings is 3. The van der Waals surface area contributed by atoms with Crippen LogP contribution in [0.5, 0.6) is 0 Å². The molecular weight excluding hydrogens is 352 g/mol. The number of aromatic nitrogens is 1. The van der Waals surface area contributed by atoms with Crippen LogP contribution in [0.15, 0.2) is 77.1 Å². The summed E-state index contributed by atoms with van der Waals surface area (Å²) >= 11 is 1.52. The average molecular weight is 372 g/mol. The van der Waals surface area contributed by atoms with Crippen LogP contribution >= 0.6 is 11.3 Å². The second kappa shape index (κ2) is 7.60. The van der Waals surface area contributed by atoms with E-state index in [1.54, 1.807) is 0 Å². The first kappa shape index (κ1) is 17.2. The summed E-state index contributed by atoms with van der Waals surface area (Å²) in [6.07, 6.45) is 1.85. The van der Waals surface area contributed by atoms with Gasteiger partial charge in [0, 0.05) is 37.1 Å². The lowest BCUT2D eigenvalue weighted by Gasteiger charge is -2.11. The molecule has 27 heavy (non-hydrogen) atoms. The number of rotatable bonds is 5. The van der Waals surface area contributed by atoms with Crippen molar-refractivity contribution < 1.29 is 0 Å². The molecule has 0 amide bonds. The van der Waals surface area contributed by atoms with Crippen molar-refractivity contribution in [2.45, 2.75) is 0 Å². The molecule has 134 valence electrons. The predicted molar refractivity (Wildman–Crippen MR) is 117 cm³/mol. The van der Waals surface area contributed by atoms with Gasteiger partial charge in [0.25, 0.3) is 0 Å². The molecule has 0 bridgehead atoms. The summed E-state index contributed by atoms with van der Waals surface area (Å²) < 4.78 is 0. The Morgan fingerprint density at radius 3 is 2.52 bits per heavy atom. The van der Waals surface area contributed by atoms with Crippen molar-refractivity contribution in [3.63, 3.8) is 0 Å². The van der Waals surface area contributed by atoms with Crippen LogP contribution in [0.2, 0.25) is 0 Å². The van der Waals surface area contributed by atoms with Crippen LogP contribution in [0.1, 0.15) is 5.56 Å². The molecule has 4 aromatic rings. The summed E-state index contributed by atoms with van der Waals surface area (Å²) in [7, 11) is 4.06. The highest BCUT2D eigenvalue weighted by atomic mass is 32.1. The fourth-order valence-corrected chi connectivity index (χ4v) is 3.38. The van der Waals surface area contributed by atoms with E-state index >= 15 is 0 Å². The monoisotopic (exact) mass is 372 g/mol. The Kier molecular flexibility index (Phi) is 4.85. The highest BCUT2D eigenvalue weighted by molar-refractivity contribution is 7.13.